The molecule has 7 unspecified atom stereocenters. The van der Waals surface area contributed by atoms with E-state index >= 15 is 0 Å². The molecule has 9 heteroatoms. The molecule has 0 aromatic heterocycles. The Morgan fingerprint density at radius 1 is 0.455 bits per heavy atom. The van der Waals surface area contributed by atoms with E-state index in [1.54, 1.807) is 6.08 Å². The Morgan fingerprint density at radius 2 is 0.818 bits per heavy atom. The van der Waals surface area contributed by atoms with Crippen molar-refractivity contribution in [3.63, 3.8) is 0 Å². The zero-order valence-electron chi connectivity index (χ0n) is 50.0. The van der Waals surface area contributed by atoms with Crippen LogP contribution in [0.15, 0.2) is 72.9 Å². The smallest absolute Gasteiger partial charge is 0.220 e. The first-order valence-electron chi connectivity index (χ1n) is 32.7. The first-order chi connectivity index (χ1) is 37.8. The van der Waals surface area contributed by atoms with E-state index in [2.05, 4.69) is 79.9 Å². The van der Waals surface area contributed by atoms with Gasteiger partial charge >= 0.3 is 0 Å². The zero-order valence-corrected chi connectivity index (χ0v) is 50.0. The number of ether oxygens (including phenoxy) is 2. The number of nitrogens with one attached hydrogen (secondary N) is 1. The van der Waals surface area contributed by atoms with Gasteiger partial charge in [-0.15, -0.1) is 0 Å². The molecule has 0 aromatic carbocycles. The lowest BCUT2D eigenvalue weighted by molar-refractivity contribution is -0.302. The molecule has 1 rings (SSSR count). The Morgan fingerprint density at radius 3 is 1.25 bits per heavy atom. The largest absolute Gasteiger partial charge is 0.394 e. The molecule has 0 saturated carbocycles. The fourth-order valence-electron chi connectivity index (χ4n) is 10.2. The van der Waals surface area contributed by atoms with E-state index in [0.29, 0.717) is 6.42 Å². The van der Waals surface area contributed by atoms with Crippen LogP contribution in [-0.2, 0) is 14.3 Å². The third-order valence-corrected chi connectivity index (χ3v) is 15.3. The average Bonchev–Trinajstić information content (AvgIpc) is 3.43. The van der Waals surface area contributed by atoms with Gasteiger partial charge in [-0.25, -0.2) is 0 Å². The summed E-state index contributed by atoms with van der Waals surface area (Å²) in [6.07, 6.45) is 72.8. The third kappa shape index (κ3) is 46.0. The third-order valence-electron chi connectivity index (χ3n) is 15.3. The maximum atomic E-state index is 13.1. The van der Waals surface area contributed by atoms with Crippen LogP contribution >= 0.6 is 0 Å². The SMILES string of the molecule is CC/C=C\C/C=C\C/C=C\C/C=C\CCCCCCCCCCCCC(=O)NC(COC1OC(CO)C(O)C(O)C1O)C(O)/C=C/CC/C=C/CCCCCCCCCCCCCCCCCCCCCCCCCCC. The lowest BCUT2D eigenvalue weighted by atomic mass is 9.99. The molecule has 1 amide bonds. The van der Waals surface area contributed by atoms with Gasteiger partial charge in [0.25, 0.3) is 0 Å². The van der Waals surface area contributed by atoms with Gasteiger partial charge in [-0.1, -0.05) is 292 Å². The summed E-state index contributed by atoms with van der Waals surface area (Å²) in [6.45, 7) is 3.68. The standard InChI is InChI=1S/C68H123NO8/c1-3-5-7-9-11-13-15-17-19-21-23-25-27-28-29-30-31-32-33-34-36-37-39-41-43-45-47-49-51-53-55-57-62(71)61(60-76-68-67(75)66(74)65(73)63(59-70)77-68)69-64(72)58-56-54-52-50-48-46-44-42-40-38-35-26-24-22-20-18-16-14-12-10-8-6-4-2/h6,8,12,14,18,20,24,26,47,49,55,57,61-63,65-68,70-71,73-75H,3-5,7,9-11,13,15-17,19,21-23,25,27-46,48,50-54,56,58-60H2,1-2H3,(H,69,72)/b8-6-,14-12-,20-18-,26-24-,49-47+,57-55+. The van der Waals surface area contributed by atoms with Gasteiger partial charge in [-0.05, 0) is 70.6 Å². The zero-order chi connectivity index (χ0) is 55.8. The van der Waals surface area contributed by atoms with Crippen LogP contribution in [0.1, 0.15) is 296 Å². The second kappa shape index (κ2) is 56.9. The van der Waals surface area contributed by atoms with E-state index in [1.165, 1.54) is 199 Å². The Bertz CT molecular complexity index is 1440. The van der Waals surface area contributed by atoms with Crippen LogP contribution in [0, 0.1) is 0 Å². The van der Waals surface area contributed by atoms with Gasteiger partial charge in [-0.2, -0.15) is 0 Å². The van der Waals surface area contributed by atoms with E-state index in [4.69, 9.17) is 9.47 Å². The van der Waals surface area contributed by atoms with Crippen molar-refractivity contribution in [3.05, 3.63) is 72.9 Å². The molecule has 1 aliphatic rings. The maximum Gasteiger partial charge on any atom is 0.220 e. The predicted molar refractivity (Wildman–Crippen MR) is 327 cm³/mol. The number of allylic oxidation sites excluding steroid dienone is 11. The number of rotatable bonds is 56. The van der Waals surface area contributed by atoms with Crippen LogP contribution in [0.25, 0.3) is 0 Å². The van der Waals surface area contributed by atoms with Gasteiger partial charge in [0, 0.05) is 6.42 Å². The number of hydrogen-bond donors (Lipinski definition) is 6. The molecule has 0 aromatic rings. The molecular formula is C68H123NO8. The highest BCUT2D eigenvalue weighted by atomic mass is 16.7. The molecule has 0 radical (unpaired) electrons. The van der Waals surface area contributed by atoms with Crippen LogP contribution in [0.4, 0.5) is 0 Å². The summed E-state index contributed by atoms with van der Waals surface area (Å²) in [7, 11) is 0. The van der Waals surface area contributed by atoms with Gasteiger partial charge in [-0.3, -0.25) is 4.79 Å². The molecule has 77 heavy (non-hydrogen) atoms. The van der Waals surface area contributed by atoms with Crippen molar-refractivity contribution in [1.82, 2.24) is 5.32 Å². The average molecular weight is 1080 g/mol. The second-order valence-electron chi connectivity index (χ2n) is 22.5. The van der Waals surface area contributed by atoms with E-state index in [-0.39, 0.29) is 12.5 Å². The Labute approximate surface area is 474 Å². The predicted octanol–water partition coefficient (Wildman–Crippen LogP) is 17.2. The van der Waals surface area contributed by atoms with Gasteiger partial charge in [0.15, 0.2) is 6.29 Å². The normalized spacial score (nSPS) is 19.2. The molecule has 1 aliphatic heterocycles. The number of aliphatic hydroxyl groups is 5. The molecule has 7 atom stereocenters. The van der Waals surface area contributed by atoms with E-state index in [1.807, 2.05) is 6.08 Å². The topological polar surface area (TPSA) is 149 Å². The molecule has 0 bridgehead atoms. The van der Waals surface area contributed by atoms with Gasteiger partial charge in [0.05, 0.1) is 25.4 Å². The van der Waals surface area contributed by atoms with Crippen molar-refractivity contribution in [2.75, 3.05) is 13.2 Å². The Kier molecular flexibility index (Phi) is 53.7. The van der Waals surface area contributed by atoms with Crippen molar-refractivity contribution in [2.24, 2.45) is 0 Å². The number of aliphatic hydroxyl groups excluding tert-OH is 5. The maximum absolute atomic E-state index is 13.1. The van der Waals surface area contributed by atoms with Gasteiger partial charge in [0.1, 0.15) is 24.4 Å². The molecule has 448 valence electrons. The summed E-state index contributed by atoms with van der Waals surface area (Å²) in [4.78, 5) is 13.1. The summed E-state index contributed by atoms with van der Waals surface area (Å²) >= 11 is 0. The van der Waals surface area contributed by atoms with Crippen LogP contribution < -0.4 is 5.32 Å². The van der Waals surface area contributed by atoms with Crippen molar-refractivity contribution < 1.29 is 39.8 Å². The first-order valence-corrected chi connectivity index (χ1v) is 32.7. The minimum Gasteiger partial charge on any atom is -0.394 e. The van der Waals surface area contributed by atoms with Crippen molar-refractivity contribution >= 4 is 5.91 Å². The highest BCUT2D eigenvalue weighted by molar-refractivity contribution is 5.76. The molecule has 1 saturated heterocycles. The Balaban J connectivity index is 2.18. The van der Waals surface area contributed by atoms with Crippen molar-refractivity contribution in [3.8, 4) is 0 Å². The van der Waals surface area contributed by atoms with Crippen LogP contribution in [0.3, 0.4) is 0 Å². The monoisotopic (exact) mass is 1080 g/mol. The lowest BCUT2D eigenvalue weighted by Gasteiger charge is -2.40. The van der Waals surface area contributed by atoms with Crippen molar-refractivity contribution in [1.29, 1.82) is 0 Å². The van der Waals surface area contributed by atoms with Crippen LogP contribution in [0.2, 0.25) is 0 Å². The number of hydrogen-bond acceptors (Lipinski definition) is 8. The minimum absolute atomic E-state index is 0.191. The van der Waals surface area contributed by atoms with E-state index in [9.17, 15) is 30.3 Å². The fourth-order valence-corrected chi connectivity index (χ4v) is 10.2. The molecule has 0 aliphatic carbocycles. The van der Waals surface area contributed by atoms with Crippen LogP contribution in [0.5, 0.6) is 0 Å². The van der Waals surface area contributed by atoms with Gasteiger partial charge < -0.3 is 40.3 Å². The van der Waals surface area contributed by atoms with Crippen molar-refractivity contribution in [2.45, 2.75) is 339 Å². The number of carbonyl (C=O) groups is 1. The Hall–Kier alpha value is -2.37. The van der Waals surface area contributed by atoms with E-state index in [0.717, 1.165) is 77.0 Å². The lowest BCUT2D eigenvalue weighted by Crippen LogP contribution is -2.60. The molecule has 0 spiro atoms. The second-order valence-corrected chi connectivity index (χ2v) is 22.5. The molecule has 9 nitrogen and oxygen atoms in total. The quantitative estimate of drug-likeness (QED) is 0.0261. The van der Waals surface area contributed by atoms with Crippen LogP contribution in [-0.4, -0.2) is 87.5 Å². The highest BCUT2D eigenvalue weighted by Crippen LogP contribution is 2.23. The number of amides is 1. The highest BCUT2D eigenvalue weighted by Gasteiger charge is 2.44. The van der Waals surface area contributed by atoms with E-state index < -0.39 is 49.5 Å². The molecule has 1 heterocycles. The molecule has 1 fully saturated rings. The van der Waals surface area contributed by atoms with Gasteiger partial charge in [0.2, 0.25) is 5.91 Å². The molecule has 6 N–H and O–H groups in total. The summed E-state index contributed by atoms with van der Waals surface area (Å²) in [5, 5.41) is 54.6. The first kappa shape index (κ1) is 72.6. The minimum atomic E-state index is -1.58. The summed E-state index contributed by atoms with van der Waals surface area (Å²) in [5.41, 5.74) is 0. The number of unbranched alkanes of at least 4 members (excludes halogenated alkanes) is 36. The number of carbonyl (C=O) groups excluding carboxylic acids is 1. The summed E-state index contributed by atoms with van der Waals surface area (Å²) in [5.74, 6) is -0.191. The molecular weight excluding hydrogens is 959 g/mol. The fraction of sp³-hybridized carbons (Fsp3) is 0.809. The summed E-state index contributed by atoms with van der Waals surface area (Å²) < 4.78 is 11.3. The summed E-state index contributed by atoms with van der Waals surface area (Å²) in [6, 6.07) is -0.830.